The smallest absolute Gasteiger partial charge is 0.423 e. The van der Waals surface area contributed by atoms with Gasteiger partial charge in [-0.1, -0.05) is 29.8 Å². The molecule has 0 aliphatic carbocycles. The molecule has 0 bridgehead atoms. The van der Waals surface area contributed by atoms with Gasteiger partial charge in [0.2, 0.25) is 0 Å². The third-order valence-corrected chi connectivity index (χ3v) is 3.47. The molecule has 0 aliphatic heterocycles. The zero-order valence-electron chi connectivity index (χ0n) is 11.8. The lowest BCUT2D eigenvalue weighted by Crippen LogP contribution is -2.32. The fourth-order valence-electron chi connectivity index (χ4n) is 2.01. The molecule has 2 aromatic rings. The van der Waals surface area contributed by atoms with E-state index < -0.39 is 18.8 Å². The molecule has 7 heteroatoms. The molecule has 0 spiro atoms. The summed E-state index contributed by atoms with van der Waals surface area (Å²) in [5.41, 5.74) is 0.610. The minimum absolute atomic E-state index is 0.0167. The number of carbonyl (C=O) groups is 1. The van der Waals surface area contributed by atoms with E-state index >= 15 is 0 Å². The van der Waals surface area contributed by atoms with Gasteiger partial charge in [0.25, 0.3) is 5.91 Å². The number of hydrogen-bond donors (Lipinski definition) is 3. The van der Waals surface area contributed by atoms with Crippen LogP contribution in [0.1, 0.15) is 28.9 Å². The Balaban J connectivity index is 2.15. The van der Waals surface area contributed by atoms with Crippen LogP contribution in [0.15, 0.2) is 42.5 Å². The molecule has 4 nitrogen and oxygen atoms in total. The molecule has 3 N–H and O–H groups in total. The summed E-state index contributed by atoms with van der Waals surface area (Å²) in [6.45, 7) is 1.76. The second kappa shape index (κ2) is 6.92. The molecule has 0 fully saturated rings. The monoisotopic (exact) mass is 321 g/mol. The maximum Gasteiger partial charge on any atom is 0.488 e. The normalized spacial score (nSPS) is 11.9. The highest BCUT2D eigenvalue weighted by Gasteiger charge is 2.18. The van der Waals surface area contributed by atoms with Gasteiger partial charge in [-0.15, -0.1) is 0 Å². The van der Waals surface area contributed by atoms with Gasteiger partial charge in [0, 0.05) is 5.02 Å². The predicted octanol–water partition coefficient (Wildman–Crippen LogP) is 1.65. The van der Waals surface area contributed by atoms with Crippen LogP contribution >= 0.6 is 11.6 Å². The molecule has 114 valence electrons. The molecule has 2 aromatic carbocycles. The maximum absolute atomic E-state index is 13.9. The van der Waals surface area contributed by atoms with E-state index in [0.29, 0.717) is 5.02 Å². The van der Waals surface area contributed by atoms with Gasteiger partial charge < -0.3 is 15.4 Å². The van der Waals surface area contributed by atoms with E-state index in [1.165, 1.54) is 12.1 Å². The van der Waals surface area contributed by atoms with Crippen LogP contribution in [0.3, 0.4) is 0 Å². The van der Waals surface area contributed by atoms with Crippen molar-refractivity contribution in [1.82, 2.24) is 5.32 Å². The minimum Gasteiger partial charge on any atom is -0.423 e. The van der Waals surface area contributed by atoms with Crippen molar-refractivity contribution in [2.45, 2.75) is 13.0 Å². The minimum atomic E-state index is -1.78. The molecule has 22 heavy (non-hydrogen) atoms. The molecule has 0 aromatic heterocycles. The summed E-state index contributed by atoms with van der Waals surface area (Å²) >= 11 is 5.89. The van der Waals surface area contributed by atoms with E-state index in [2.05, 4.69) is 5.32 Å². The van der Waals surface area contributed by atoms with Crippen LogP contribution in [-0.4, -0.2) is 23.1 Å². The van der Waals surface area contributed by atoms with Crippen molar-refractivity contribution in [3.63, 3.8) is 0 Å². The fourth-order valence-corrected chi connectivity index (χ4v) is 2.21. The summed E-state index contributed by atoms with van der Waals surface area (Å²) in [6, 6.07) is 10.1. The standard InChI is InChI=1S/C15H14BClFNO3/c1-9(10-3-2-4-12(17)7-10)19-15(20)13-6-5-11(16(21)22)8-14(13)18/h2-9,21-22H,1H3,(H,19,20)/t9-/m1/s1. The third kappa shape index (κ3) is 3.85. The Kier molecular flexibility index (Phi) is 5.18. The van der Waals surface area contributed by atoms with E-state index in [1.807, 2.05) is 0 Å². The van der Waals surface area contributed by atoms with Crippen molar-refractivity contribution < 1.29 is 19.2 Å². The zero-order valence-corrected chi connectivity index (χ0v) is 12.5. The van der Waals surface area contributed by atoms with Gasteiger partial charge in [0.1, 0.15) is 5.82 Å². The number of amides is 1. The molecule has 0 aliphatic rings. The van der Waals surface area contributed by atoms with E-state index in [1.54, 1.807) is 31.2 Å². The number of benzene rings is 2. The van der Waals surface area contributed by atoms with Crippen molar-refractivity contribution in [3.8, 4) is 0 Å². The van der Waals surface area contributed by atoms with Gasteiger partial charge in [0.15, 0.2) is 0 Å². The van der Waals surface area contributed by atoms with E-state index in [0.717, 1.165) is 11.6 Å². The Labute approximate surface area is 132 Å². The van der Waals surface area contributed by atoms with Crippen LogP contribution in [0.2, 0.25) is 5.02 Å². The number of rotatable bonds is 4. The Morgan fingerprint density at radius 1 is 1.27 bits per heavy atom. The van der Waals surface area contributed by atoms with Crippen LogP contribution in [0.4, 0.5) is 4.39 Å². The van der Waals surface area contributed by atoms with Crippen molar-refractivity contribution >= 4 is 30.1 Å². The lowest BCUT2D eigenvalue weighted by atomic mass is 9.80. The van der Waals surface area contributed by atoms with E-state index in [4.69, 9.17) is 21.6 Å². The summed E-state index contributed by atoms with van der Waals surface area (Å²) in [6.07, 6.45) is 0. The Morgan fingerprint density at radius 3 is 2.59 bits per heavy atom. The first-order valence-electron chi connectivity index (χ1n) is 6.60. The van der Waals surface area contributed by atoms with Gasteiger partial charge >= 0.3 is 7.12 Å². The van der Waals surface area contributed by atoms with Gasteiger partial charge in [0.05, 0.1) is 11.6 Å². The van der Waals surface area contributed by atoms with Crippen LogP contribution in [0, 0.1) is 5.82 Å². The lowest BCUT2D eigenvalue weighted by molar-refractivity contribution is 0.0936. The summed E-state index contributed by atoms with van der Waals surface area (Å²) in [7, 11) is -1.78. The van der Waals surface area contributed by atoms with Crippen LogP contribution in [0.5, 0.6) is 0 Å². The Hall–Kier alpha value is -1.89. The molecule has 1 amide bonds. The molecular formula is C15H14BClFNO3. The average Bonchev–Trinajstić information content (AvgIpc) is 2.46. The first-order valence-corrected chi connectivity index (χ1v) is 6.98. The number of nitrogens with one attached hydrogen (secondary N) is 1. The predicted molar refractivity (Wildman–Crippen MR) is 83.6 cm³/mol. The molecule has 0 radical (unpaired) electrons. The van der Waals surface area contributed by atoms with Crippen molar-refractivity contribution in [2.24, 2.45) is 0 Å². The molecule has 0 heterocycles. The number of carbonyl (C=O) groups excluding carboxylic acids is 1. The lowest BCUT2D eigenvalue weighted by Gasteiger charge is -2.15. The van der Waals surface area contributed by atoms with E-state index in [-0.39, 0.29) is 17.1 Å². The van der Waals surface area contributed by atoms with Gasteiger partial charge in [-0.3, -0.25) is 4.79 Å². The molecule has 0 unspecified atom stereocenters. The van der Waals surface area contributed by atoms with Crippen molar-refractivity contribution in [2.75, 3.05) is 0 Å². The summed E-state index contributed by atoms with van der Waals surface area (Å²) < 4.78 is 13.9. The molecule has 0 saturated carbocycles. The Morgan fingerprint density at radius 2 is 2.00 bits per heavy atom. The first-order chi connectivity index (χ1) is 10.4. The average molecular weight is 322 g/mol. The highest BCUT2D eigenvalue weighted by Crippen LogP contribution is 2.18. The van der Waals surface area contributed by atoms with Crippen molar-refractivity contribution in [3.05, 3.63) is 64.4 Å². The molecule has 0 saturated heterocycles. The SMILES string of the molecule is C[C@@H](NC(=O)c1ccc(B(O)O)cc1F)c1cccc(Cl)c1. The van der Waals surface area contributed by atoms with Crippen LogP contribution in [-0.2, 0) is 0 Å². The van der Waals surface area contributed by atoms with Gasteiger partial charge in [-0.25, -0.2) is 4.39 Å². The summed E-state index contributed by atoms with van der Waals surface area (Å²) in [5.74, 6) is -1.41. The number of halogens is 2. The Bertz CT molecular complexity index is 696. The molecular weight excluding hydrogens is 307 g/mol. The maximum atomic E-state index is 13.9. The summed E-state index contributed by atoms with van der Waals surface area (Å²) in [5, 5.41) is 21.2. The van der Waals surface area contributed by atoms with E-state index in [9.17, 15) is 9.18 Å². The highest BCUT2D eigenvalue weighted by molar-refractivity contribution is 6.58. The van der Waals surface area contributed by atoms with Crippen LogP contribution < -0.4 is 10.8 Å². The largest absolute Gasteiger partial charge is 0.488 e. The first kappa shape index (κ1) is 16.5. The summed E-state index contributed by atoms with van der Waals surface area (Å²) in [4.78, 5) is 12.1. The highest BCUT2D eigenvalue weighted by atomic mass is 35.5. The third-order valence-electron chi connectivity index (χ3n) is 3.23. The van der Waals surface area contributed by atoms with Gasteiger partial charge in [-0.05, 0) is 42.2 Å². The number of hydrogen-bond acceptors (Lipinski definition) is 3. The second-order valence-electron chi connectivity index (χ2n) is 4.86. The van der Waals surface area contributed by atoms with Gasteiger partial charge in [-0.2, -0.15) is 0 Å². The van der Waals surface area contributed by atoms with Crippen LogP contribution in [0.25, 0.3) is 0 Å². The zero-order chi connectivity index (χ0) is 16.3. The molecule has 1 atom stereocenters. The quantitative estimate of drug-likeness (QED) is 0.750. The topological polar surface area (TPSA) is 69.6 Å². The second-order valence-corrected chi connectivity index (χ2v) is 5.30. The molecule has 2 rings (SSSR count). The van der Waals surface area contributed by atoms with Crippen molar-refractivity contribution in [1.29, 1.82) is 0 Å². The fraction of sp³-hybridized carbons (Fsp3) is 0.133.